The monoisotopic (exact) mass is 390 g/mol. The first-order chi connectivity index (χ1) is 12.9. The average molecular weight is 391 g/mol. The van der Waals surface area contributed by atoms with E-state index in [2.05, 4.69) is 29.0 Å². The van der Waals surface area contributed by atoms with Gasteiger partial charge in [-0.1, -0.05) is 0 Å². The highest BCUT2D eigenvalue weighted by atomic mass is 32.1. The number of piperidine rings is 3. The Kier molecular flexibility index (Phi) is 5.25. The molecule has 0 aliphatic carbocycles. The first-order valence-electron chi connectivity index (χ1n) is 10.1. The van der Waals surface area contributed by atoms with Crippen LogP contribution >= 0.6 is 11.3 Å². The highest BCUT2D eigenvalue weighted by Crippen LogP contribution is 2.41. The van der Waals surface area contributed by atoms with Gasteiger partial charge in [0, 0.05) is 43.9 Å². The Labute approximate surface area is 165 Å². The summed E-state index contributed by atoms with van der Waals surface area (Å²) in [6.07, 6.45) is 3.93. The lowest BCUT2D eigenvalue weighted by atomic mass is 9.72. The fourth-order valence-electron chi connectivity index (χ4n) is 5.31. The fraction of sp³-hybridized carbons (Fsp3) is 0.750. The molecule has 1 N–H and O–H groups in total. The third-order valence-corrected chi connectivity index (χ3v) is 7.62. The summed E-state index contributed by atoms with van der Waals surface area (Å²) in [4.78, 5) is 34.9. The molecule has 1 aromatic heterocycles. The quantitative estimate of drug-likeness (QED) is 0.855. The molecule has 3 aliphatic heterocycles. The highest BCUT2D eigenvalue weighted by Gasteiger charge is 2.49. The van der Waals surface area contributed by atoms with Crippen LogP contribution in [0.15, 0.2) is 0 Å². The average Bonchev–Trinajstić information content (AvgIpc) is 2.92. The maximum absolute atomic E-state index is 12.7. The molecular formula is C20H30N4O2S. The molecule has 0 radical (unpaired) electrons. The second kappa shape index (κ2) is 7.51. The van der Waals surface area contributed by atoms with Crippen molar-refractivity contribution in [2.45, 2.75) is 65.1 Å². The maximum atomic E-state index is 12.7. The first kappa shape index (κ1) is 18.9. The molecule has 7 heteroatoms. The van der Waals surface area contributed by atoms with E-state index >= 15 is 0 Å². The lowest BCUT2D eigenvalue weighted by molar-refractivity contribution is -0.153. The number of hydrogen-bond donors (Lipinski definition) is 1. The van der Waals surface area contributed by atoms with Gasteiger partial charge in [0.2, 0.25) is 11.8 Å². The van der Waals surface area contributed by atoms with Gasteiger partial charge in [0.25, 0.3) is 0 Å². The smallest absolute Gasteiger partial charge is 0.223 e. The van der Waals surface area contributed by atoms with E-state index in [4.69, 9.17) is 4.98 Å². The lowest BCUT2D eigenvalue weighted by Crippen LogP contribution is -2.66. The molecule has 148 valence electrons. The van der Waals surface area contributed by atoms with Crippen LogP contribution in [0.25, 0.3) is 0 Å². The molecule has 2 bridgehead atoms. The zero-order chi connectivity index (χ0) is 19.1. The summed E-state index contributed by atoms with van der Waals surface area (Å²) in [6, 6.07) is 0.467. The van der Waals surface area contributed by atoms with Gasteiger partial charge in [-0.3, -0.25) is 14.5 Å². The summed E-state index contributed by atoms with van der Waals surface area (Å²) in [7, 11) is 0. The van der Waals surface area contributed by atoms with Crippen molar-refractivity contribution in [1.29, 1.82) is 0 Å². The normalized spacial score (nSPS) is 30.9. The van der Waals surface area contributed by atoms with Gasteiger partial charge < -0.3 is 10.2 Å². The van der Waals surface area contributed by atoms with Crippen molar-refractivity contribution in [2.24, 2.45) is 11.8 Å². The number of fused-ring (bicyclic) bond motifs is 4. The third-order valence-electron chi connectivity index (χ3n) is 6.56. The van der Waals surface area contributed by atoms with E-state index in [0.717, 1.165) is 38.2 Å². The lowest BCUT2D eigenvalue weighted by Gasteiger charge is -2.56. The molecule has 4 rings (SSSR count). The van der Waals surface area contributed by atoms with Crippen molar-refractivity contribution < 1.29 is 9.59 Å². The van der Waals surface area contributed by atoms with Crippen molar-refractivity contribution in [3.05, 3.63) is 15.6 Å². The van der Waals surface area contributed by atoms with Crippen LogP contribution in [0, 0.1) is 25.7 Å². The number of aryl methyl sites for hydroxylation is 2. The van der Waals surface area contributed by atoms with Crippen LogP contribution in [0.2, 0.25) is 0 Å². The molecule has 0 spiro atoms. The number of hydrogen-bond acceptors (Lipinski definition) is 5. The minimum absolute atomic E-state index is 0.0143. The molecule has 6 nitrogen and oxygen atoms in total. The van der Waals surface area contributed by atoms with Crippen LogP contribution in [0.5, 0.6) is 0 Å². The number of carbonyl (C=O) groups excluding carboxylic acids is 2. The summed E-state index contributed by atoms with van der Waals surface area (Å²) >= 11 is 1.80. The summed E-state index contributed by atoms with van der Waals surface area (Å²) < 4.78 is 0. The SMILES string of the molecule is CC(=O)NC[C@H]1[C@H]2C[C@H](CN(Cc3nc(C)c(C)s3)C2)[C@@H]2CCCC(=O)N21. The minimum Gasteiger partial charge on any atom is -0.354 e. The Morgan fingerprint density at radius 3 is 2.78 bits per heavy atom. The predicted molar refractivity (Wildman–Crippen MR) is 105 cm³/mol. The number of rotatable bonds is 4. The Morgan fingerprint density at radius 2 is 2.07 bits per heavy atom. The molecular weight excluding hydrogens is 360 g/mol. The van der Waals surface area contributed by atoms with E-state index in [1.165, 1.54) is 16.3 Å². The van der Waals surface area contributed by atoms with E-state index in [0.29, 0.717) is 30.8 Å². The number of nitrogens with zero attached hydrogens (tertiary/aromatic N) is 3. The van der Waals surface area contributed by atoms with Crippen LogP contribution in [-0.4, -0.2) is 58.3 Å². The Bertz CT molecular complexity index is 714. The van der Waals surface area contributed by atoms with Gasteiger partial charge in [-0.2, -0.15) is 0 Å². The Balaban J connectivity index is 1.53. The van der Waals surface area contributed by atoms with Gasteiger partial charge in [0.15, 0.2) is 0 Å². The van der Waals surface area contributed by atoms with Gasteiger partial charge in [-0.05, 0) is 44.9 Å². The van der Waals surface area contributed by atoms with Crippen LogP contribution in [0.1, 0.15) is 48.2 Å². The molecule has 4 atom stereocenters. The molecule has 0 saturated carbocycles. The zero-order valence-corrected chi connectivity index (χ0v) is 17.3. The van der Waals surface area contributed by atoms with Gasteiger partial charge in [-0.15, -0.1) is 11.3 Å². The molecule has 3 aliphatic rings. The van der Waals surface area contributed by atoms with Crippen LogP contribution < -0.4 is 5.32 Å². The number of carbonyl (C=O) groups is 2. The predicted octanol–water partition coefficient (Wildman–Crippen LogP) is 2.10. The number of thiazole rings is 1. The summed E-state index contributed by atoms with van der Waals surface area (Å²) in [5.41, 5.74) is 1.14. The highest BCUT2D eigenvalue weighted by molar-refractivity contribution is 7.11. The molecule has 1 aromatic rings. The summed E-state index contributed by atoms with van der Waals surface area (Å²) in [5.74, 6) is 1.25. The summed E-state index contributed by atoms with van der Waals surface area (Å²) in [5, 5.41) is 4.18. The molecule has 2 amide bonds. The molecule has 0 aromatic carbocycles. The van der Waals surface area contributed by atoms with E-state index in [9.17, 15) is 9.59 Å². The van der Waals surface area contributed by atoms with Crippen LogP contribution in [0.3, 0.4) is 0 Å². The van der Waals surface area contributed by atoms with Gasteiger partial charge >= 0.3 is 0 Å². The topological polar surface area (TPSA) is 65.5 Å². The minimum atomic E-state index is -0.0143. The van der Waals surface area contributed by atoms with E-state index in [1.807, 2.05) is 0 Å². The maximum Gasteiger partial charge on any atom is 0.223 e. The van der Waals surface area contributed by atoms with Crippen molar-refractivity contribution in [2.75, 3.05) is 19.6 Å². The van der Waals surface area contributed by atoms with Crippen molar-refractivity contribution in [3.8, 4) is 0 Å². The number of nitrogens with one attached hydrogen (secondary N) is 1. The third kappa shape index (κ3) is 3.76. The van der Waals surface area contributed by atoms with Crippen LogP contribution in [0.4, 0.5) is 0 Å². The largest absolute Gasteiger partial charge is 0.354 e. The molecule has 4 heterocycles. The van der Waals surface area contributed by atoms with E-state index in [-0.39, 0.29) is 17.9 Å². The number of likely N-dealkylation sites (tertiary alicyclic amines) is 1. The second-order valence-corrected chi connectivity index (χ2v) is 9.75. The van der Waals surface area contributed by atoms with E-state index < -0.39 is 0 Å². The second-order valence-electron chi connectivity index (χ2n) is 8.46. The standard InChI is InChI=1S/C20H30N4O2S/c1-12-13(2)27-19(22-12)11-23-9-15-7-16(10-23)18(8-21-14(3)25)24-17(15)5-4-6-20(24)26/h15-18H,4-11H2,1-3H3,(H,21,25)/t15-,16+,17+,18+/m1/s1. The van der Waals surface area contributed by atoms with Crippen molar-refractivity contribution in [1.82, 2.24) is 20.1 Å². The van der Waals surface area contributed by atoms with Gasteiger partial charge in [0.05, 0.1) is 18.3 Å². The van der Waals surface area contributed by atoms with Crippen molar-refractivity contribution in [3.63, 3.8) is 0 Å². The Hall–Kier alpha value is -1.47. The van der Waals surface area contributed by atoms with E-state index in [1.54, 1.807) is 18.3 Å². The number of aromatic nitrogens is 1. The fourth-order valence-corrected chi connectivity index (χ4v) is 6.29. The zero-order valence-electron chi connectivity index (χ0n) is 16.5. The van der Waals surface area contributed by atoms with Crippen molar-refractivity contribution >= 4 is 23.2 Å². The molecule has 0 unspecified atom stereocenters. The number of amides is 2. The first-order valence-corrected chi connectivity index (χ1v) is 10.9. The summed E-state index contributed by atoms with van der Waals surface area (Å²) in [6.45, 7) is 9.29. The molecule has 3 fully saturated rings. The van der Waals surface area contributed by atoms with Crippen LogP contribution in [-0.2, 0) is 16.1 Å². The Morgan fingerprint density at radius 1 is 1.30 bits per heavy atom. The van der Waals surface area contributed by atoms with Gasteiger partial charge in [0.1, 0.15) is 5.01 Å². The van der Waals surface area contributed by atoms with Gasteiger partial charge in [-0.25, -0.2) is 4.98 Å². The molecule has 27 heavy (non-hydrogen) atoms. The molecule has 3 saturated heterocycles.